The Morgan fingerprint density at radius 2 is 1.83 bits per heavy atom. The molecule has 0 saturated heterocycles. The van der Waals surface area contributed by atoms with E-state index in [-0.39, 0.29) is 0 Å². The fourth-order valence-electron chi connectivity index (χ4n) is 3.24. The van der Waals surface area contributed by atoms with Crippen LogP contribution in [0.3, 0.4) is 0 Å². The van der Waals surface area contributed by atoms with Gasteiger partial charge < -0.3 is 9.47 Å². The third kappa shape index (κ3) is 4.42. The highest BCUT2D eigenvalue weighted by Crippen LogP contribution is 2.30. The minimum Gasteiger partial charge on any atom is -0.378 e. The summed E-state index contributed by atoms with van der Waals surface area (Å²) in [6, 6.07) is 16.9. The highest BCUT2D eigenvalue weighted by Gasteiger charge is 2.15. The van der Waals surface area contributed by atoms with Crippen LogP contribution in [0.1, 0.15) is 18.2 Å². The molecule has 154 valence electrons. The maximum atomic E-state index is 4.82. The van der Waals surface area contributed by atoms with E-state index in [9.17, 15) is 0 Å². The van der Waals surface area contributed by atoms with E-state index in [2.05, 4.69) is 87.4 Å². The molecule has 0 N–H and O–H groups in total. The third-order valence-electron chi connectivity index (χ3n) is 4.82. The Bertz CT molecular complexity index is 1150. The lowest BCUT2D eigenvalue weighted by Gasteiger charge is -2.13. The Morgan fingerprint density at radius 1 is 1.03 bits per heavy atom. The van der Waals surface area contributed by atoms with E-state index < -0.39 is 0 Å². The van der Waals surface area contributed by atoms with Gasteiger partial charge in [0.2, 0.25) is 0 Å². The number of aryl methyl sites for hydroxylation is 1. The van der Waals surface area contributed by atoms with Gasteiger partial charge in [0.25, 0.3) is 0 Å². The van der Waals surface area contributed by atoms with Crippen LogP contribution in [-0.4, -0.2) is 33.8 Å². The van der Waals surface area contributed by atoms with Crippen molar-refractivity contribution in [2.75, 3.05) is 19.0 Å². The molecule has 0 unspecified atom stereocenters. The Labute approximate surface area is 185 Å². The van der Waals surface area contributed by atoms with Gasteiger partial charge in [-0.15, -0.1) is 21.5 Å². The van der Waals surface area contributed by atoms with Crippen LogP contribution in [0.4, 0.5) is 5.69 Å². The lowest BCUT2D eigenvalue weighted by atomic mass is 10.1. The molecule has 0 aliphatic heterocycles. The number of benzene rings is 2. The van der Waals surface area contributed by atoms with Gasteiger partial charge in [-0.25, -0.2) is 4.98 Å². The minimum atomic E-state index is 0.776. The van der Waals surface area contributed by atoms with Crippen LogP contribution in [0.2, 0.25) is 0 Å². The number of hydrogen-bond donors (Lipinski definition) is 0. The first-order valence-electron chi connectivity index (χ1n) is 9.90. The first kappa shape index (κ1) is 20.6. The first-order chi connectivity index (χ1) is 14.5. The molecular weight excluding hydrogens is 410 g/mol. The van der Waals surface area contributed by atoms with E-state index in [1.54, 1.807) is 23.1 Å². The highest BCUT2D eigenvalue weighted by molar-refractivity contribution is 7.98. The summed E-state index contributed by atoms with van der Waals surface area (Å²) >= 11 is 3.38. The summed E-state index contributed by atoms with van der Waals surface area (Å²) in [6.07, 6.45) is 0. The molecule has 0 atom stereocenters. The SMILES string of the molecule is CCn1c(SCc2csc(-c3cccc(C)c3)n2)nnc1-c1cccc(N(C)C)c1. The molecule has 0 bridgehead atoms. The molecule has 0 saturated carbocycles. The molecule has 5 nitrogen and oxygen atoms in total. The number of aromatic nitrogens is 4. The normalized spacial score (nSPS) is 11.1. The Hall–Kier alpha value is -2.64. The summed E-state index contributed by atoms with van der Waals surface area (Å²) in [5.74, 6) is 1.68. The van der Waals surface area contributed by atoms with Crippen LogP contribution < -0.4 is 4.90 Å². The molecular formula is C23H25N5S2. The van der Waals surface area contributed by atoms with E-state index in [0.717, 1.165) is 45.2 Å². The van der Waals surface area contributed by atoms with E-state index in [1.165, 1.54) is 11.1 Å². The molecule has 7 heteroatoms. The second-order valence-corrected chi connectivity index (χ2v) is 9.10. The maximum Gasteiger partial charge on any atom is 0.191 e. The van der Waals surface area contributed by atoms with Crippen molar-refractivity contribution in [3.05, 3.63) is 65.2 Å². The lowest BCUT2D eigenvalue weighted by molar-refractivity contribution is 0.687. The molecule has 2 heterocycles. The van der Waals surface area contributed by atoms with Crippen LogP contribution in [-0.2, 0) is 12.3 Å². The molecule has 4 rings (SSSR count). The maximum absolute atomic E-state index is 4.82. The molecule has 30 heavy (non-hydrogen) atoms. The molecule has 0 spiro atoms. The van der Waals surface area contributed by atoms with Crippen LogP contribution >= 0.6 is 23.1 Å². The fourth-order valence-corrected chi connectivity index (χ4v) is 5.06. The zero-order valence-electron chi connectivity index (χ0n) is 17.7. The topological polar surface area (TPSA) is 46.8 Å². The predicted octanol–water partition coefficient (Wildman–Crippen LogP) is 5.76. The number of hydrogen-bond acceptors (Lipinski definition) is 6. The smallest absolute Gasteiger partial charge is 0.191 e. The van der Waals surface area contributed by atoms with Crippen molar-refractivity contribution in [1.29, 1.82) is 0 Å². The Balaban J connectivity index is 1.52. The second kappa shape index (κ2) is 9.02. The summed E-state index contributed by atoms with van der Waals surface area (Å²) in [5.41, 5.74) is 5.73. The van der Waals surface area contributed by atoms with Crippen molar-refractivity contribution in [1.82, 2.24) is 19.7 Å². The minimum absolute atomic E-state index is 0.776. The van der Waals surface area contributed by atoms with E-state index in [1.807, 2.05) is 14.1 Å². The van der Waals surface area contributed by atoms with Gasteiger partial charge in [0.1, 0.15) is 5.01 Å². The van der Waals surface area contributed by atoms with Crippen LogP contribution in [0.15, 0.2) is 59.1 Å². The first-order valence-corrected chi connectivity index (χ1v) is 11.8. The largest absolute Gasteiger partial charge is 0.378 e. The predicted molar refractivity (Wildman–Crippen MR) is 127 cm³/mol. The van der Waals surface area contributed by atoms with E-state index >= 15 is 0 Å². The lowest BCUT2D eigenvalue weighted by Crippen LogP contribution is -2.08. The van der Waals surface area contributed by atoms with Crippen molar-refractivity contribution in [3.8, 4) is 22.0 Å². The number of thioether (sulfide) groups is 1. The summed E-state index contributed by atoms with van der Waals surface area (Å²) in [4.78, 5) is 6.92. The fraction of sp³-hybridized carbons (Fsp3) is 0.261. The van der Waals surface area contributed by atoms with Gasteiger partial charge >= 0.3 is 0 Å². The monoisotopic (exact) mass is 435 g/mol. The van der Waals surface area contributed by atoms with Crippen molar-refractivity contribution >= 4 is 28.8 Å². The van der Waals surface area contributed by atoms with Crippen molar-refractivity contribution in [2.24, 2.45) is 0 Å². The van der Waals surface area contributed by atoms with Gasteiger partial charge in [0.05, 0.1) is 5.69 Å². The summed E-state index contributed by atoms with van der Waals surface area (Å²) < 4.78 is 2.17. The quantitative estimate of drug-likeness (QED) is 0.346. The highest BCUT2D eigenvalue weighted by atomic mass is 32.2. The second-order valence-electron chi connectivity index (χ2n) is 7.30. The van der Waals surface area contributed by atoms with Crippen LogP contribution in [0, 0.1) is 6.92 Å². The Morgan fingerprint density at radius 3 is 2.60 bits per heavy atom. The average Bonchev–Trinajstić information content (AvgIpc) is 3.39. The average molecular weight is 436 g/mol. The van der Waals surface area contributed by atoms with Crippen LogP contribution in [0.5, 0.6) is 0 Å². The molecule has 4 aromatic rings. The Kier molecular flexibility index (Phi) is 6.20. The number of nitrogens with zero attached hydrogens (tertiary/aromatic N) is 5. The number of anilines is 1. The molecule has 2 aromatic carbocycles. The number of thiazole rings is 1. The van der Waals surface area contributed by atoms with Crippen LogP contribution in [0.25, 0.3) is 22.0 Å². The van der Waals surface area contributed by atoms with Gasteiger partial charge in [0, 0.05) is 48.6 Å². The molecule has 0 amide bonds. The summed E-state index contributed by atoms with van der Waals surface area (Å²) in [7, 11) is 4.09. The molecule has 0 fully saturated rings. The van der Waals surface area contributed by atoms with E-state index in [4.69, 9.17) is 4.98 Å². The molecule has 2 aromatic heterocycles. The standard InChI is InChI=1S/C23H25N5S2/c1-5-28-21(17-9-7-11-20(13-17)27(3)4)25-26-23(28)30-15-19-14-29-22(24-19)18-10-6-8-16(2)12-18/h6-14H,5,15H2,1-4H3. The number of rotatable bonds is 7. The van der Waals surface area contributed by atoms with Crippen molar-refractivity contribution in [2.45, 2.75) is 31.3 Å². The third-order valence-corrected chi connectivity index (χ3v) is 6.76. The van der Waals surface area contributed by atoms with E-state index in [0.29, 0.717) is 0 Å². The zero-order valence-corrected chi connectivity index (χ0v) is 19.3. The molecule has 0 aliphatic carbocycles. The zero-order chi connectivity index (χ0) is 21.1. The summed E-state index contributed by atoms with van der Waals surface area (Å²) in [5, 5.41) is 13.1. The van der Waals surface area contributed by atoms with Gasteiger partial charge in [-0.3, -0.25) is 0 Å². The van der Waals surface area contributed by atoms with Crippen molar-refractivity contribution < 1.29 is 0 Å². The van der Waals surface area contributed by atoms with Crippen molar-refractivity contribution in [3.63, 3.8) is 0 Å². The van der Waals surface area contributed by atoms with Gasteiger partial charge in [0.15, 0.2) is 11.0 Å². The molecule has 0 aliphatic rings. The summed E-state index contributed by atoms with van der Waals surface area (Å²) in [6.45, 7) is 5.06. The molecule has 0 radical (unpaired) electrons. The van der Waals surface area contributed by atoms with Gasteiger partial charge in [-0.1, -0.05) is 47.7 Å². The van der Waals surface area contributed by atoms with Gasteiger partial charge in [-0.2, -0.15) is 0 Å². The van der Waals surface area contributed by atoms with Gasteiger partial charge in [-0.05, 0) is 32.0 Å².